The van der Waals surface area contributed by atoms with Gasteiger partial charge >= 0.3 is 0 Å². The molecule has 3 rings (SSSR count). The zero-order valence-corrected chi connectivity index (χ0v) is 13.1. The Morgan fingerprint density at radius 1 is 1.09 bits per heavy atom. The van der Waals surface area contributed by atoms with Crippen molar-refractivity contribution in [1.82, 2.24) is 20.4 Å². The SMILES string of the molecule is O=C(Cc1csc(Cc2ccccc2)n1)NNc1ncccn1. The van der Waals surface area contributed by atoms with Crippen LogP contribution in [0.3, 0.4) is 0 Å². The fourth-order valence-electron chi connectivity index (χ4n) is 1.98. The quantitative estimate of drug-likeness (QED) is 0.679. The van der Waals surface area contributed by atoms with Crippen LogP contribution in [0.25, 0.3) is 0 Å². The Balaban J connectivity index is 1.51. The van der Waals surface area contributed by atoms with Crippen molar-refractivity contribution in [2.45, 2.75) is 12.8 Å². The molecule has 0 saturated carbocycles. The van der Waals surface area contributed by atoms with E-state index in [2.05, 4.69) is 37.9 Å². The van der Waals surface area contributed by atoms with E-state index in [1.54, 1.807) is 29.8 Å². The highest BCUT2D eigenvalue weighted by Gasteiger charge is 2.08. The Hall–Kier alpha value is -2.80. The summed E-state index contributed by atoms with van der Waals surface area (Å²) in [5.74, 6) is 0.165. The molecule has 0 aliphatic rings. The number of nitrogens with one attached hydrogen (secondary N) is 2. The predicted octanol–water partition coefficient (Wildman–Crippen LogP) is 2.21. The first-order chi connectivity index (χ1) is 11.3. The van der Waals surface area contributed by atoms with Crippen LogP contribution in [0, 0.1) is 0 Å². The number of thiazole rings is 1. The van der Waals surface area contributed by atoms with Gasteiger partial charge in [-0.25, -0.2) is 15.0 Å². The number of hydrogen-bond acceptors (Lipinski definition) is 6. The number of carbonyl (C=O) groups excluding carboxylic acids is 1. The van der Waals surface area contributed by atoms with Crippen LogP contribution in [-0.4, -0.2) is 20.9 Å². The summed E-state index contributed by atoms with van der Waals surface area (Å²) in [4.78, 5) is 24.3. The standard InChI is InChI=1S/C16H15N5OS/c22-14(20-21-16-17-7-4-8-18-16)10-13-11-23-15(19-13)9-12-5-2-1-3-6-12/h1-8,11H,9-10H2,(H,20,22)(H,17,18,21). The minimum Gasteiger partial charge on any atom is -0.273 e. The molecule has 2 aromatic heterocycles. The van der Waals surface area contributed by atoms with Crippen LogP contribution in [-0.2, 0) is 17.6 Å². The summed E-state index contributed by atoms with van der Waals surface area (Å²) >= 11 is 1.56. The molecule has 116 valence electrons. The lowest BCUT2D eigenvalue weighted by molar-refractivity contribution is -0.120. The summed E-state index contributed by atoms with van der Waals surface area (Å²) in [6.45, 7) is 0. The average Bonchev–Trinajstić information content (AvgIpc) is 3.02. The van der Waals surface area contributed by atoms with Gasteiger partial charge in [0.25, 0.3) is 0 Å². The summed E-state index contributed by atoms with van der Waals surface area (Å²) < 4.78 is 0. The van der Waals surface area contributed by atoms with Crippen molar-refractivity contribution in [3.05, 3.63) is 70.4 Å². The summed E-state index contributed by atoms with van der Waals surface area (Å²) in [6, 6.07) is 11.8. The highest BCUT2D eigenvalue weighted by Crippen LogP contribution is 2.15. The zero-order valence-electron chi connectivity index (χ0n) is 12.3. The van der Waals surface area contributed by atoms with Crippen LogP contribution in [0.5, 0.6) is 0 Å². The number of hydrogen-bond donors (Lipinski definition) is 2. The van der Waals surface area contributed by atoms with Gasteiger partial charge in [-0.15, -0.1) is 11.3 Å². The summed E-state index contributed by atoms with van der Waals surface area (Å²) in [6.07, 6.45) is 4.18. The van der Waals surface area contributed by atoms with Gasteiger partial charge < -0.3 is 0 Å². The Morgan fingerprint density at radius 3 is 2.65 bits per heavy atom. The third kappa shape index (κ3) is 4.58. The van der Waals surface area contributed by atoms with E-state index in [0.29, 0.717) is 5.95 Å². The molecule has 3 aromatic rings. The van der Waals surface area contributed by atoms with Crippen molar-refractivity contribution in [3.63, 3.8) is 0 Å². The first-order valence-corrected chi connectivity index (χ1v) is 7.96. The van der Waals surface area contributed by atoms with E-state index in [4.69, 9.17) is 0 Å². The minimum atomic E-state index is -0.186. The van der Waals surface area contributed by atoms with E-state index < -0.39 is 0 Å². The monoisotopic (exact) mass is 325 g/mol. The van der Waals surface area contributed by atoms with E-state index in [1.165, 1.54) is 5.56 Å². The van der Waals surface area contributed by atoms with E-state index >= 15 is 0 Å². The van der Waals surface area contributed by atoms with E-state index in [1.807, 2.05) is 23.6 Å². The molecule has 2 N–H and O–H groups in total. The van der Waals surface area contributed by atoms with Crippen LogP contribution in [0.15, 0.2) is 54.2 Å². The number of nitrogens with zero attached hydrogens (tertiary/aromatic N) is 3. The van der Waals surface area contributed by atoms with E-state index in [-0.39, 0.29) is 12.3 Å². The molecule has 0 radical (unpaired) electrons. The Labute approximate surface area is 137 Å². The van der Waals surface area contributed by atoms with Gasteiger partial charge in [-0.05, 0) is 11.6 Å². The second-order valence-corrected chi connectivity index (χ2v) is 5.76. The first-order valence-electron chi connectivity index (χ1n) is 7.09. The lowest BCUT2D eigenvalue weighted by Crippen LogP contribution is -2.31. The molecular formula is C16H15N5OS. The van der Waals surface area contributed by atoms with Crippen LogP contribution < -0.4 is 10.9 Å². The largest absolute Gasteiger partial charge is 0.273 e. The van der Waals surface area contributed by atoms with Crippen LogP contribution in [0.2, 0.25) is 0 Å². The summed E-state index contributed by atoms with van der Waals surface area (Å²) in [7, 11) is 0. The molecule has 0 atom stereocenters. The highest BCUT2D eigenvalue weighted by molar-refractivity contribution is 7.09. The lowest BCUT2D eigenvalue weighted by Gasteiger charge is -2.05. The summed E-state index contributed by atoms with van der Waals surface area (Å²) in [5, 5.41) is 2.91. The van der Waals surface area contributed by atoms with E-state index in [0.717, 1.165) is 17.1 Å². The molecule has 1 aromatic carbocycles. The lowest BCUT2D eigenvalue weighted by atomic mass is 10.2. The van der Waals surface area contributed by atoms with Gasteiger partial charge in [0, 0.05) is 24.2 Å². The number of carbonyl (C=O) groups is 1. The fraction of sp³-hybridized carbons (Fsp3) is 0.125. The van der Waals surface area contributed by atoms with Crippen molar-refractivity contribution >= 4 is 23.2 Å². The Bertz CT molecular complexity index is 760. The Morgan fingerprint density at radius 2 is 1.87 bits per heavy atom. The molecule has 0 saturated heterocycles. The number of aromatic nitrogens is 3. The maximum absolute atomic E-state index is 11.9. The predicted molar refractivity (Wildman–Crippen MR) is 88.9 cm³/mol. The Kier molecular flexibility index (Phi) is 4.90. The van der Waals surface area contributed by atoms with Crippen LogP contribution >= 0.6 is 11.3 Å². The van der Waals surface area contributed by atoms with Crippen LogP contribution in [0.4, 0.5) is 5.95 Å². The maximum atomic E-state index is 11.9. The topological polar surface area (TPSA) is 79.8 Å². The van der Waals surface area contributed by atoms with Gasteiger partial charge in [-0.3, -0.25) is 15.6 Å². The minimum absolute atomic E-state index is 0.186. The van der Waals surface area contributed by atoms with Gasteiger partial charge in [-0.1, -0.05) is 30.3 Å². The van der Waals surface area contributed by atoms with Gasteiger partial charge in [-0.2, -0.15) is 0 Å². The van der Waals surface area contributed by atoms with Crippen molar-refractivity contribution in [2.24, 2.45) is 0 Å². The molecule has 0 bridgehead atoms. The fourth-order valence-corrected chi connectivity index (χ4v) is 2.81. The van der Waals surface area contributed by atoms with Crippen molar-refractivity contribution in [2.75, 3.05) is 5.43 Å². The van der Waals surface area contributed by atoms with Crippen molar-refractivity contribution < 1.29 is 4.79 Å². The van der Waals surface area contributed by atoms with Gasteiger partial charge in [0.05, 0.1) is 17.1 Å². The van der Waals surface area contributed by atoms with Gasteiger partial charge in [0.1, 0.15) is 0 Å². The van der Waals surface area contributed by atoms with Crippen molar-refractivity contribution in [3.8, 4) is 0 Å². The van der Waals surface area contributed by atoms with E-state index in [9.17, 15) is 4.79 Å². The second-order valence-electron chi connectivity index (χ2n) is 4.82. The number of benzene rings is 1. The number of amides is 1. The molecule has 7 heteroatoms. The molecule has 6 nitrogen and oxygen atoms in total. The molecule has 23 heavy (non-hydrogen) atoms. The number of anilines is 1. The van der Waals surface area contributed by atoms with Gasteiger partial charge in [0.2, 0.25) is 11.9 Å². The molecule has 0 aliphatic carbocycles. The molecule has 0 aliphatic heterocycles. The molecule has 2 heterocycles. The molecule has 0 fully saturated rings. The average molecular weight is 325 g/mol. The maximum Gasteiger partial charge on any atom is 0.244 e. The smallest absolute Gasteiger partial charge is 0.244 e. The molecular weight excluding hydrogens is 310 g/mol. The first kappa shape index (κ1) is 15.1. The number of rotatable bonds is 6. The normalized spacial score (nSPS) is 10.3. The van der Waals surface area contributed by atoms with Gasteiger partial charge in [0.15, 0.2) is 0 Å². The third-order valence-corrected chi connectivity index (χ3v) is 3.92. The zero-order chi connectivity index (χ0) is 15.9. The van der Waals surface area contributed by atoms with Crippen molar-refractivity contribution in [1.29, 1.82) is 0 Å². The van der Waals surface area contributed by atoms with Crippen LogP contribution in [0.1, 0.15) is 16.3 Å². The molecule has 0 spiro atoms. The highest BCUT2D eigenvalue weighted by atomic mass is 32.1. The molecule has 0 unspecified atom stereocenters. The second kappa shape index (κ2) is 7.46. The molecule has 1 amide bonds. The number of hydrazine groups is 1. The third-order valence-electron chi connectivity index (χ3n) is 3.02. The summed E-state index contributed by atoms with van der Waals surface area (Å²) in [5.41, 5.74) is 7.19.